The van der Waals surface area contributed by atoms with Crippen LogP contribution < -0.4 is 4.74 Å². The van der Waals surface area contributed by atoms with E-state index in [-0.39, 0.29) is 5.41 Å². The first-order valence-corrected chi connectivity index (χ1v) is 10.6. The second-order valence-corrected chi connectivity index (χ2v) is 9.77. The van der Waals surface area contributed by atoms with Crippen molar-refractivity contribution in [1.29, 1.82) is 0 Å². The molecule has 1 aliphatic carbocycles. The van der Waals surface area contributed by atoms with E-state index in [1.54, 1.807) is 4.88 Å². The molecule has 0 bridgehead atoms. The third-order valence-electron chi connectivity index (χ3n) is 5.55. The molecule has 3 atom stereocenters. The quantitative estimate of drug-likeness (QED) is 0.539. The number of ether oxygens (including phenoxy) is 1. The molecule has 1 aromatic carbocycles. The fourth-order valence-corrected chi connectivity index (χ4v) is 4.80. The van der Waals surface area contributed by atoms with Gasteiger partial charge in [-0.2, -0.15) is 0 Å². The summed E-state index contributed by atoms with van der Waals surface area (Å²) in [5.41, 5.74) is 1.52. The van der Waals surface area contributed by atoms with Crippen LogP contribution in [0.25, 0.3) is 0 Å². The van der Waals surface area contributed by atoms with E-state index in [4.69, 9.17) is 4.74 Å². The summed E-state index contributed by atoms with van der Waals surface area (Å²) in [4.78, 5) is 1.54. The molecule has 2 aromatic rings. The molecule has 0 aliphatic heterocycles. The third-order valence-corrected chi connectivity index (χ3v) is 6.66. The normalized spacial score (nSPS) is 22.1. The number of thiophene rings is 1. The number of hydrogen-bond donors (Lipinski definition) is 0. The fourth-order valence-electron chi connectivity index (χ4n) is 4.00. The molecule has 1 heterocycles. The van der Waals surface area contributed by atoms with Crippen molar-refractivity contribution in [3.05, 3.63) is 52.2 Å². The van der Waals surface area contributed by atoms with Crippen molar-refractivity contribution in [1.82, 2.24) is 0 Å². The van der Waals surface area contributed by atoms with Gasteiger partial charge in [-0.05, 0) is 71.6 Å². The molecule has 3 unspecified atom stereocenters. The van der Waals surface area contributed by atoms with Crippen LogP contribution in [-0.2, 0) is 5.41 Å². The molecule has 0 amide bonds. The van der Waals surface area contributed by atoms with Gasteiger partial charge in [-0.15, -0.1) is 11.3 Å². The number of hydrogen-bond acceptors (Lipinski definition) is 2. The van der Waals surface area contributed by atoms with Crippen molar-refractivity contribution in [2.75, 3.05) is 6.61 Å². The molecule has 0 radical (unpaired) electrons. The van der Waals surface area contributed by atoms with Crippen LogP contribution in [0.1, 0.15) is 69.7 Å². The summed E-state index contributed by atoms with van der Waals surface area (Å²) >= 11 is 1.90. The molecule has 3 rings (SSSR count). The molecule has 1 aliphatic rings. The van der Waals surface area contributed by atoms with E-state index in [0.29, 0.717) is 5.92 Å². The molecule has 1 aromatic heterocycles. The molecule has 1 saturated carbocycles. The molecular formula is C23H32OS. The third kappa shape index (κ3) is 5.10. The van der Waals surface area contributed by atoms with Gasteiger partial charge < -0.3 is 4.74 Å². The lowest BCUT2D eigenvalue weighted by molar-refractivity contribution is 0.246. The zero-order valence-corrected chi connectivity index (χ0v) is 16.9. The summed E-state index contributed by atoms with van der Waals surface area (Å²) in [6.07, 6.45) is 5.35. The lowest BCUT2D eigenvalue weighted by Crippen LogP contribution is -2.12. The zero-order valence-electron chi connectivity index (χ0n) is 16.1. The van der Waals surface area contributed by atoms with Crippen molar-refractivity contribution < 1.29 is 4.74 Å². The van der Waals surface area contributed by atoms with Crippen LogP contribution in [-0.4, -0.2) is 6.61 Å². The lowest BCUT2D eigenvalue weighted by atomic mass is 9.87. The maximum Gasteiger partial charge on any atom is 0.119 e. The van der Waals surface area contributed by atoms with Crippen LogP contribution in [0.15, 0.2) is 41.8 Å². The summed E-state index contributed by atoms with van der Waals surface area (Å²) < 4.78 is 6.15. The molecule has 1 nitrogen and oxygen atoms in total. The molecule has 1 fully saturated rings. The van der Waals surface area contributed by atoms with Gasteiger partial charge in [0.05, 0.1) is 6.61 Å². The minimum atomic E-state index is 0.176. The van der Waals surface area contributed by atoms with Crippen LogP contribution in [0, 0.1) is 11.8 Å². The molecular weight excluding hydrogens is 324 g/mol. The summed E-state index contributed by atoms with van der Waals surface area (Å²) in [6, 6.07) is 13.1. The predicted molar refractivity (Wildman–Crippen MR) is 109 cm³/mol. The average molecular weight is 357 g/mol. The van der Waals surface area contributed by atoms with E-state index >= 15 is 0 Å². The Labute approximate surface area is 157 Å². The van der Waals surface area contributed by atoms with Gasteiger partial charge in [0.25, 0.3) is 0 Å². The minimum Gasteiger partial charge on any atom is -0.493 e. The van der Waals surface area contributed by atoms with Gasteiger partial charge in [0.1, 0.15) is 5.75 Å². The first kappa shape index (κ1) is 18.5. The highest BCUT2D eigenvalue weighted by atomic mass is 32.1. The Morgan fingerprint density at radius 1 is 1.12 bits per heavy atom. The van der Waals surface area contributed by atoms with E-state index in [1.807, 2.05) is 11.3 Å². The molecule has 136 valence electrons. The SMILES string of the molecule is CC(CC1CCC(COc2cccc(C(C)(C)C)c2)C1)c1cccs1. The van der Waals surface area contributed by atoms with Gasteiger partial charge in [0, 0.05) is 4.88 Å². The highest BCUT2D eigenvalue weighted by Crippen LogP contribution is 2.38. The Balaban J connectivity index is 1.47. The van der Waals surface area contributed by atoms with Crippen molar-refractivity contribution in [2.45, 2.75) is 64.7 Å². The van der Waals surface area contributed by atoms with E-state index in [9.17, 15) is 0 Å². The average Bonchev–Trinajstić information content (AvgIpc) is 3.24. The smallest absolute Gasteiger partial charge is 0.119 e. The largest absolute Gasteiger partial charge is 0.493 e. The Morgan fingerprint density at radius 2 is 1.92 bits per heavy atom. The van der Waals surface area contributed by atoms with E-state index in [2.05, 4.69) is 69.5 Å². The van der Waals surface area contributed by atoms with Gasteiger partial charge in [-0.25, -0.2) is 0 Å². The van der Waals surface area contributed by atoms with Crippen molar-refractivity contribution in [3.8, 4) is 5.75 Å². The Bertz CT molecular complexity index is 653. The van der Waals surface area contributed by atoms with Crippen LogP contribution in [0.5, 0.6) is 5.75 Å². The maximum atomic E-state index is 6.15. The van der Waals surface area contributed by atoms with Gasteiger partial charge >= 0.3 is 0 Å². The molecule has 2 heteroatoms. The van der Waals surface area contributed by atoms with Gasteiger partial charge in [-0.3, -0.25) is 0 Å². The predicted octanol–water partition coefficient (Wildman–Crippen LogP) is 7.03. The maximum absolute atomic E-state index is 6.15. The van der Waals surface area contributed by atoms with Crippen molar-refractivity contribution in [2.24, 2.45) is 11.8 Å². The van der Waals surface area contributed by atoms with Crippen LogP contribution in [0.4, 0.5) is 0 Å². The zero-order chi connectivity index (χ0) is 17.9. The first-order chi connectivity index (χ1) is 11.9. The van der Waals surface area contributed by atoms with E-state index < -0.39 is 0 Å². The summed E-state index contributed by atoms with van der Waals surface area (Å²) in [6.45, 7) is 10.0. The number of benzene rings is 1. The standard InChI is InChI=1S/C23H32OS/c1-17(22-9-6-12-25-22)13-18-10-11-19(14-18)16-24-21-8-5-7-20(15-21)23(2,3)4/h5-9,12,15,17-19H,10-11,13-14,16H2,1-4H3. The topological polar surface area (TPSA) is 9.23 Å². The molecule has 25 heavy (non-hydrogen) atoms. The minimum absolute atomic E-state index is 0.176. The Morgan fingerprint density at radius 3 is 2.64 bits per heavy atom. The Kier molecular flexibility index (Phi) is 5.89. The highest BCUT2D eigenvalue weighted by Gasteiger charge is 2.27. The molecule has 0 N–H and O–H groups in total. The van der Waals surface area contributed by atoms with Crippen LogP contribution in [0.2, 0.25) is 0 Å². The molecule has 0 spiro atoms. The van der Waals surface area contributed by atoms with Gasteiger partial charge in [0.2, 0.25) is 0 Å². The summed E-state index contributed by atoms with van der Waals surface area (Å²) in [5.74, 6) is 3.32. The fraction of sp³-hybridized carbons (Fsp3) is 0.565. The van der Waals surface area contributed by atoms with E-state index in [0.717, 1.165) is 24.2 Å². The van der Waals surface area contributed by atoms with Gasteiger partial charge in [-0.1, -0.05) is 52.3 Å². The second-order valence-electron chi connectivity index (χ2n) is 8.79. The summed E-state index contributed by atoms with van der Waals surface area (Å²) in [5, 5.41) is 2.20. The Hall–Kier alpha value is -1.28. The highest BCUT2D eigenvalue weighted by molar-refractivity contribution is 7.10. The van der Waals surface area contributed by atoms with Crippen molar-refractivity contribution in [3.63, 3.8) is 0 Å². The second kappa shape index (κ2) is 7.95. The number of rotatable bonds is 6. The monoisotopic (exact) mass is 356 g/mol. The lowest BCUT2D eigenvalue weighted by Gasteiger charge is -2.20. The summed E-state index contributed by atoms with van der Waals surface area (Å²) in [7, 11) is 0. The van der Waals surface area contributed by atoms with Crippen LogP contribution in [0.3, 0.4) is 0 Å². The first-order valence-electron chi connectivity index (χ1n) is 9.68. The van der Waals surface area contributed by atoms with Crippen LogP contribution >= 0.6 is 11.3 Å². The van der Waals surface area contributed by atoms with Crippen molar-refractivity contribution >= 4 is 11.3 Å². The molecule has 0 saturated heterocycles. The van der Waals surface area contributed by atoms with E-state index in [1.165, 1.54) is 31.2 Å². The van der Waals surface area contributed by atoms with Gasteiger partial charge in [0.15, 0.2) is 0 Å².